The molecule has 0 atom stereocenters. The standard InChI is InChI=1S/C14H22FIN2/c1-4-10(5-2)9-18(6-3)14-7-11(15)12(16)8-13(14)17/h7-8,10H,4-6,9,17H2,1-3H3. The van der Waals surface area contributed by atoms with Gasteiger partial charge in [-0.05, 0) is 41.5 Å². The van der Waals surface area contributed by atoms with Gasteiger partial charge in [-0.15, -0.1) is 0 Å². The number of nitrogens with zero attached hydrogens (tertiary/aromatic N) is 1. The van der Waals surface area contributed by atoms with Gasteiger partial charge >= 0.3 is 0 Å². The molecular formula is C14H22FIN2. The molecule has 2 N–H and O–H groups in total. The minimum absolute atomic E-state index is 0.192. The van der Waals surface area contributed by atoms with E-state index < -0.39 is 0 Å². The largest absolute Gasteiger partial charge is 0.397 e. The van der Waals surface area contributed by atoms with Crippen molar-refractivity contribution in [2.45, 2.75) is 33.6 Å². The molecule has 1 aromatic rings. The molecule has 0 saturated carbocycles. The summed E-state index contributed by atoms with van der Waals surface area (Å²) >= 11 is 1.97. The van der Waals surface area contributed by atoms with Gasteiger partial charge in [0.1, 0.15) is 5.82 Å². The molecule has 1 aromatic carbocycles. The van der Waals surface area contributed by atoms with Gasteiger partial charge in [-0.3, -0.25) is 0 Å². The average molecular weight is 364 g/mol. The second kappa shape index (κ2) is 7.16. The van der Waals surface area contributed by atoms with Crippen molar-refractivity contribution in [3.63, 3.8) is 0 Å². The molecule has 0 saturated heterocycles. The van der Waals surface area contributed by atoms with Crippen molar-refractivity contribution in [3.8, 4) is 0 Å². The lowest BCUT2D eigenvalue weighted by atomic mass is 10.0. The average Bonchev–Trinajstić information content (AvgIpc) is 2.36. The van der Waals surface area contributed by atoms with Gasteiger partial charge in [0.2, 0.25) is 0 Å². The predicted octanol–water partition coefficient (Wildman–Crippen LogP) is 4.28. The van der Waals surface area contributed by atoms with Crippen molar-refractivity contribution < 1.29 is 4.39 Å². The van der Waals surface area contributed by atoms with Gasteiger partial charge in [0.05, 0.1) is 14.9 Å². The lowest BCUT2D eigenvalue weighted by Crippen LogP contribution is -2.29. The molecule has 1 rings (SSSR count). The first-order valence-corrected chi connectivity index (χ1v) is 7.60. The molecule has 0 radical (unpaired) electrons. The highest BCUT2D eigenvalue weighted by atomic mass is 127. The summed E-state index contributed by atoms with van der Waals surface area (Å²) in [5.41, 5.74) is 7.49. The Labute approximate surface area is 123 Å². The number of nitrogen functional groups attached to an aromatic ring is 1. The molecule has 4 heteroatoms. The first-order chi connectivity index (χ1) is 8.53. The number of hydrogen-bond acceptors (Lipinski definition) is 2. The number of rotatable bonds is 6. The topological polar surface area (TPSA) is 29.3 Å². The molecule has 0 aromatic heterocycles. The van der Waals surface area contributed by atoms with Crippen LogP contribution in [0.15, 0.2) is 12.1 Å². The fraction of sp³-hybridized carbons (Fsp3) is 0.571. The zero-order chi connectivity index (χ0) is 13.7. The van der Waals surface area contributed by atoms with Gasteiger partial charge in [-0.25, -0.2) is 4.39 Å². The minimum Gasteiger partial charge on any atom is -0.397 e. The van der Waals surface area contributed by atoms with E-state index in [9.17, 15) is 4.39 Å². The molecule has 0 spiro atoms. The smallest absolute Gasteiger partial charge is 0.138 e. The van der Waals surface area contributed by atoms with Crippen LogP contribution in [0.1, 0.15) is 33.6 Å². The summed E-state index contributed by atoms with van der Waals surface area (Å²) in [6, 6.07) is 3.27. The molecule has 102 valence electrons. The van der Waals surface area contributed by atoms with Gasteiger partial charge in [0.15, 0.2) is 0 Å². The Morgan fingerprint density at radius 1 is 1.28 bits per heavy atom. The SMILES string of the molecule is CCC(CC)CN(CC)c1cc(F)c(I)cc1N. The van der Waals surface area contributed by atoms with E-state index in [1.54, 1.807) is 12.1 Å². The first-order valence-electron chi connectivity index (χ1n) is 6.52. The quantitative estimate of drug-likeness (QED) is 0.603. The van der Waals surface area contributed by atoms with Crippen LogP contribution in [0.3, 0.4) is 0 Å². The van der Waals surface area contributed by atoms with Crippen LogP contribution in [0.5, 0.6) is 0 Å². The van der Waals surface area contributed by atoms with E-state index in [4.69, 9.17) is 5.73 Å². The molecule has 2 nitrogen and oxygen atoms in total. The van der Waals surface area contributed by atoms with E-state index in [0.29, 0.717) is 15.2 Å². The summed E-state index contributed by atoms with van der Waals surface area (Å²) < 4.78 is 14.2. The van der Waals surface area contributed by atoms with Crippen molar-refractivity contribution in [1.29, 1.82) is 0 Å². The summed E-state index contributed by atoms with van der Waals surface area (Å²) in [7, 11) is 0. The van der Waals surface area contributed by atoms with Crippen LogP contribution in [0.2, 0.25) is 0 Å². The third-order valence-corrected chi connectivity index (χ3v) is 4.25. The Morgan fingerprint density at radius 3 is 2.39 bits per heavy atom. The number of benzene rings is 1. The summed E-state index contributed by atoms with van der Waals surface area (Å²) in [5.74, 6) is 0.439. The number of anilines is 2. The van der Waals surface area contributed by atoms with Gasteiger partial charge in [-0.2, -0.15) is 0 Å². The van der Waals surface area contributed by atoms with Crippen molar-refractivity contribution >= 4 is 34.0 Å². The normalized spacial score (nSPS) is 11.0. The zero-order valence-electron chi connectivity index (χ0n) is 11.3. The minimum atomic E-state index is -0.192. The van der Waals surface area contributed by atoms with Crippen molar-refractivity contribution in [1.82, 2.24) is 0 Å². The number of nitrogens with two attached hydrogens (primary N) is 1. The first kappa shape index (κ1) is 15.5. The predicted molar refractivity (Wildman–Crippen MR) is 85.5 cm³/mol. The second-order valence-electron chi connectivity index (χ2n) is 4.55. The van der Waals surface area contributed by atoms with Crippen molar-refractivity contribution in [3.05, 3.63) is 21.5 Å². The molecule has 0 fully saturated rings. The van der Waals surface area contributed by atoms with Crippen LogP contribution >= 0.6 is 22.6 Å². The van der Waals surface area contributed by atoms with Crippen LogP contribution in [-0.4, -0.2) is 13.1 Å². The van der Waals surface area contributed by atoms with Gasteiger partial charge < -0.3 is 10.6 Å². The highest BCUT2D eigenvalue weighted by molar-refractivity contribution is 14.1. The van der Waals surface area contributed by atoms with E-state index in [2.05, 4.69) is 25.7 Å². The van der Waals surface area contributed by atoms with Crippen molar-refractivity contribution in [2.24, 2.45) is 5.92 Å². The second-order valence-corrected chi connectivity index (χ2v) is 5.71. The molecule has 0 heterocycles. The van der Waals surface area contributed by atoms with Crippen LogP contribution < -0.4 is 10.6 Å². The fourth-order valence-corrected chi connectivity index (χ4v) is 2.57. The monoisotopic (exact) mass is 364 g/mol. The number of hydrogen-bond donors (Lipinski definition) is 1. The van der Waals surface area contributed by atoms with Crippen molar-refractivity contribution in [2.75, 3.05) is 23.7 Å². The summed E-state index contributed by atoms with van der Waals surface area (Å²) in [6.45, 7) is 8.26. The van der Waals surface area contributed by atoms with Gasteiger partial charge in [0.25, 0.3) is 0 Å². The fourth-order valence-electron chi connectivity index (χ4n) is 2.08. The highest BCUT2D eigenvalue weighted by Gasteiger charge is 2.15. The van der Waals surface area contributed by atoms with Crippen LogP contribution in [-0.2, 0) is 0 Å². The Bertz CT molecular complexity index is 392. The molecule has 0 amide bonds. The summed E-state index contributed by atoms with van der Waals surface area (Å²) in [5, 5.41) is 0. The third kappa shape index (κ3) is 3.73. The van der Waals surface area contributed by atoms with Gasteiger partial charge in [0, 0.05) is 19.2 Å². The van der Waals surface area contributed by atoms with E-state index in [-0.39, 0.29) is 5.82 Å². The van der Waals surface area contributed by atoms with E-state index >= 15 is 0 Å². The molecular weight excluding hydrogens is 342 g/mol. The molecule has 0 unspecified atom stereocenters. The maximum absolute atomic E-state index is 13.7. The Morgan fingerprint density at radius 2 is 1.89 bits per heavy atom. The van der Waals surface area contributed by atoms with Gasteiger partial charge in [-0.1, -0.05) is 26.7 Å². The highest BCUT2D eigenvalue weighted by Crippen LogP contribution is 2.28. The molecule has 0 aliphatic carbocycles. The Balaban J connectivity index is 2.98. The molecule has 0 aliphatic heterocycles. The summed E-state index contributed by atoms with van der Waals surface area (Å²) in [6.07, 6.45) is 2.28. The van der Waals surface area contributed by atoms with Crippen LogP contribution in [0.25, 0.3) is 0 Å². The van der Waals surface area contributed by atoms with Crippen LogP contribution in [0, 0.1) is 15.3 Å². The van der Waals surface area contributed by atoms with E-state index in [1.165, 1.54) is 0 Å². The van der Waals surface area contributed by atoms with E-state index in [0.717, 1.165) is 31.6 Å². The summed E-state index contributed by atoms with van der Waals surface area (Å²) in [4.78, 5) is 2.17. The lowest BCUT2D eigenvalue weighted by Gasteiger charge is -2.28. The maximum atomic E-state index is 13.7. The third-order valence-electron chi connectivity index (χ3n) is 3.43. The number of halogens is 2. The lowest BCUT2D eigenvalue weighted by molar-refractivity contribution is 0.486. The van der Waals surface area contributed by atoms with E-state index in [1.807, 2.05) is 22.6 Å². The molecule has 0 aliphatic rings. The maximum Gasteiger partial charge on any atom is 0.138 e. The molecule has 18 heavy (non-hydrogen) atoms. The Hall–Kier alpha value is -0.520. The molecule has 0 bridgehead atoms. The van der Waals surface area contributed by atoms with Crippen LogP contribution in [0.4, 0.5) is 15.8 Å². The zero-order valence-corrected chi connectivity index (χ0v) is 13.5. The Kier molecular flexibility index (Phi) is 6.18.